The minimum atomic E-state index is -0.841. The maximum Gasteiger partial charge on any atom is 0.305 e. The van der Waals surface area contributed by atoms with E-state index in [0.717, 1.165) is 38.5 Å². The first kappa shape index (κ1) is 83.6. The van der Waals surface area contributed by atoms with Crippen LogP contribution in [0.25, 0.3) is 0 Å². The molecule has 506 valence electrons. The van der Waals surface area contributed by atoms with Crippen LogP contribution in [0.5, 0.6) is 0 Å². The van der Waals surface area contributed by atoms with Crippen LogP contribution in [0.4, 0.5) is 0 Å². The second kappa shape index (κ2) is 75.1. The molecule has 0 bridgehead atoms. The third-order valence-electron chi connectivity index (χ3n) is 18.8. The Morgan fingerprint density at radius 2 is 0.541 bits per heavy atom. The van der Waals surface area contributed by atoms with Gasteiger partial charge in [0.05, 0.1) is 25.4 Å². The predicted molar refractivity (Wildman–Crippen MR) is 375 cm³/mol. The molecule has 0 aromatic carbocycles. The van der Waals surface area contributed by atoms with E-state index in [0.29, 0.717) is 19.4 Å². The first-order chi connectivity index (χ1) is 42.0. The summed E-state index contributed by atoms with van der Waals surface area (Å²) in [5.74, 6) is -0.0333. The molecule has 2 atom stereocenters. The van der Waals surface area contributed by atoms with Gasteiger partial charge in [-0.2, -0.15) is 0 Å². The average molecular weight is 1200 g/mol. The number of hydrogen-bond acceptors (Lipinski definition) is 5. The number of ether oxygens (including phenoxy) is 1. The smallest absolute Gasteiger partial charge is 0.305 e. The molecule has 0 heterocycles. The van der Waals surface area contributed by atoms with Crippen molar-refractivity contribution in [1.29, 1.82) is 0 Å². The Balaban J connectivity index is 3.33. The zero-order valence-corrected chi connectivity index (χ0v) is 58.1. The Bertz CT molecular complexity index is 1290. The Labute approximate surface area is 533 Å². The summed E-state index contributed by atoms with van der Waals surface area (Å²) in [7, 11) is 0. The minimum Gasteiger partial charge on any atom is -0.466 e. The number of carbonyl (C=O) groups excluding carboxylic acids is 2. The van der Waals surface area contributed by atoms with E-state index in [4.69, 9.17) is 4.74 Å². The zero-order chi connectivity index (χ0) is 61.3. The summed E-state index contributed by atoms with van der Waals surface area (Å²) in [6, 6.07) is -0.624. The Morgan fingerprint density at radius 3 is 0.800 bits per heavy atom. The van der Waals surface area contributed by atoms with Gasteiger partial charge in [0.2, 0.25) is 5.91 Å². The topological polar surface area (TPSA) is 95.9 Å². The quantitative estimate of drug-likeness (QED) is 0.0320. The molecule has 0 aromatic heterocycles. The monoisotopic (exact) mass is 1200 g/mol. The van der Waals surface area contributed by atoms with Crippen molar-refractivity contribution < 1.29 is 24.5 Å². The number of nitrogens with one attached hydrogen (secondary N) is 1. The third-order valence-corrected chi connectivity index (χ3v) is 18.8. The average Bonchev–Trinajstić information content (AvgIpc) is 3.53. The van der Waals surface area contributed by atoms with Gasteiger partial charge in [-0.05, 0) is 32.1 Å². The van der Waals surface area contributed by atoms with Crippen LogP contribution in [0.2, 0.25) is 0 Å². The zero-order valence-electron chi connectivity index (χ0n) is 58.1. The highest BCUT2D eigenvalue weighted by atomic mass is 16.5. The van der Waals surface area contributed by atoms with E-state index < -0.39 is 12.1 Å². The van der Waals surface area contributed by atoms with Gasteiger partial charge < -0.3 is 20.3 Å². The number of aliphatic hydroxyl groups is 2. The van der Waals surface area contributed by atoms with Gasteiger partial charge in [-0.25, -0.2) is 0 Å². The largest absolute Gasteiger partial charge is 0.466 e. The summed E-state index contributed by atoms with van der Waals surface area (Å²) in [6.07, 6.45) is 94.8. The van der Waals surface area contributed by atoms with E-state index in [2.05, 4.69) is 19.2 Å². The molecule has 85 heavy (non-hydrogen) atoms. The molecular formula is C79H155NO5. The van der Waals surface area contributed by atoms with E-state index >= 15 is 0 Å². The van der Waals surface area contributed by atoms with Crippen molar-refractivity contribution in [1.82, 2.24) is 5.32 Å². The molecule has 1 amide bonds. The Hall–Kier alpha value is -1.40. The van der Waals surface area contributed by atoms with Crippen LogP contribution in [0.15, 0.2) is 12.2 Å². The number of esters is 1. The van der Waals surface area contributed by atoms with E-state index in [-0.39, 0.29) is 18.5 Å². The summed E-state index contributed by atoms with van der Waals surface area (Å²) in [6.45, 7) is 4.96. The van der Waals surface area contributed by atoms with Gasteiger partial charge in [-0.15, -0.1) is 0 Å². The highest BCUT2D eigenvalue weighted by Gasteiger charge is 2.18. The number of rotatable bonds is 75. The molecule has 0 saturated carbocycles. The molecule has 0 aliphatic rings. The predicted octanol–water partition coefficient (Wildman–Crippen LogP) is 25.9. The minimum absolute atomic E-state index is 0.0241. The van der Waals surface area contributed by atoms with Crippen molar-refractivity contribution in [3.63, 3.8) is 0 Å². The van der Waals surface area contributed by atoms with Crippen LogP contribution < -0.4 is 5.32 Å². The fourth-order valence-corrected chi connectivity index (χ4v) is 12.8. The highest BCUT2D eigenvalue weighted by molar-refractivity contribution is 5.76. The van der Waals surface area contributed by atoms with Gasteiger partial charge in [-0.3, -0.25) is 9.59 Å². The van der Waals surface area contributed by atoms with Gasteiger partial charge in [0.15, 0.2) is 0 Å². The maximum absolute atomic E-state index is 12.5. The molecule has 0 aromatic rings. The Kier molecular flexibility index (Phi) is 73.8. The molecule has 0 spiro atoms. The number of carbonyl (C=O) groups is 2. The van der Waals surface area contributed by atoms with E-state index in [1.807, 2.05) is 6.08 Å². The summed E-state index contributed by atoms with van der Waals surface area (Å²) in [5.41, 5.74) is 0. The molecule has 0 fully saturated rings. The molecule has 0 rings (SSSR count). The summed E-state index contributed by atoms with van der Waals surface area (Å²) >= 11 is 0. The molecule has 0 radical (unpaired) electrons. The third kappa shape index (κ3) is 71.6. The van der Waals surface area contributed by atoms with Gasteiger partial charge in [-0.1, -0.05) is 424 Å². The van der Waals surface area contributed by atoms with E-state index in [1.165, 1.54) is 392 Å². The summed E-state index contributed by atoms with van der Waals surface area (Å²) < 4.78 is 5.49. The molecule has 3 N–H and O–H groups in total. The van der Waals surface area contributed by atoms with Crippen LogP contribution >= 0.6 is 0 Å². The summed E-state index contributed by atoms with van der Waals surface area (Å²) in [5, 5.41) is 23.3. The van der Waals surface area contributed by atoms with Crippen LogP contribution in [0.1, 0.15) is 457 Å². The van der Waals surface area contributed by atoms with E-state index in [1.54, 1.807) is 6.08 Å². The lowest BCUT2D eigenvalue weighted by atomic mass is 10.0. The molecule has 2 unspecified atom stereocenters. The van der Waals surface area contributed by atoms with Crippen molar-refractivity contribution >= 4 is 11.9 Å². The van der Waals surface area contributed by atoms with Crippen LogP contribution in [-0.4, -0.2) is 47.4 Å². The normalized spacial score (nSPS) is 12.5. The maximum atomic E-state index is 12.5. The van der Waals surface area contributed by atoms with Gasteiger partial charge >= 0.3 is 5.97 Å². The van der Waals surface area contributed by atoms with Gasteiger partial charge in [0.25, 0.3) is 0 Å². The van der Waals surface area contributed by atoms with Crippen LogP contribution in [-0.2, 0) is 14.3 Å². The fourth-order valence-electron chi connectivity index (χ4n) is 12.8. The van der Waals surface area contributed by atoms with E-state index in [9.17, 15) is 19.8 Å². The standard InChI is InChI=1S/C79H155NO5/c1-3-5-7-9-11-13-15-17-18-19-20-36-39-42-45-48-51-55-59-63-67-71-77(82)76(75-81)80-78(83)72-68-64-60-56-52-49-46-43-40-37-34-32-30-28-26-24-22-21-23-25-27-29-31-33-35-38-41-44-47-50-54-58-62-66-70-74-85-79(84)73-69-65-61-57-53-16-14-12-10-8-6-4-2/h67,71,76-77,81-82H,3-66,68-70,72-75H2,1-2H3,(H,80,83)/b71-67+. The number of aliphatic hydroxyl groups excluding tert-OH is 2. The molecular weight excluding hydrogens is 1040 g/mol. The SMILES string of the molecule is CCCCCCCCCCCCCCCCCCCCC/C=C/C(O)C(CO)NC(=O)CCCCCCCCCCCCCCCCCCCCCCCCCCCCCCCCCCCCCOC(=O)CCCCCCCCCCCCCC. The van der Waals surface area contributed by atoms with Crippen molar-refractivity contribution in [2.24, 2.45) is 0 Å². The second-order valence-corrected chi connectivity index (χ2v) is 27.4. The Morgan fingerprint density at radius 1 is 0.318 bits per heavy atom. The lowest BCUT2D eigenvalue weighted by Gasteiger charge is -2.20. The number of hydrogen-bond donors (Lipinski definition) is 3. The van der Waals surface area contributed by atoms with Crippen molar-refractivity contribution in [3.05, 3.63) is 12.2 Å². The molecule has 6 nitrogen and oxygen atoms in total. The second-order valence-electron chi connectivity index (χ2n) is 27.4. The van der Waals surface area contributed by atoms with Crippen molar-refractivity contribution in [2.75, 3.05) is 13.2 Å². The van der Waals surface area contributed by atoms with Crippen LogP contribution in [0.3, 0.4) is 0 Å². The number of amides is 1. The first-order valence-electron chi connectivity index (χ1n) is 39.5. The van der Waals surface area contributed by atoms with Crippen molar-refractivity contribution in [2.45, 2.75) is 469 Å². The molecule has 0 aliphatic carbocycles. The molecule has 0 saturated heterocycles. The highest BCUT2D eigenvalue weighted by Crippen LogP contribution is 2.20. The lowest BCUT2D eigenvalue weighted by molar-refractivity contribution is -0.143. The van der Waals surface area contributed by atoms with Gasteiger partial charge in [0.1, 0.15) is 0 Å². The number of allylic oxidation sites excluding steroid dienone is 1. The van der Waals surface area contributed by atoms with Gasteiger partial charge in [0, 0.05) is 12.8 Å². The van der Waals surface area contributed by atoms with Crippen LogP contribution in [0, 0.1) is 0 Å². The summed E-state index contributed by atoms with van der Waals surface area (Å²) in [4.78, 5) is 24.6. The molecule has 0 aliphatic heterocycles. The van der Waals surface area contributed by atoms with Crippen molar-refractivity contribution in [3.8, 4) is 0 Å². The lowest BCUT2D eigenvalue weighted by Crippen LogP contribution is -2.45. The molecule has 6 heteroatoms. The first-order valence-corrected chi connectivity index (χ1v) is 39.5. The number of unbranched alkanes of at least 4 members (excludes halogenated alkanes) is 64. The fraction of sp³-hybridized carbons (Fsp3) is 0.949.